The van der Waals surface area contributed by atoms with Gasteiger partial charge in [0.2, 0.25) is 5.76 Å². The van der Waals surface area contributed by atoms with E-state index in [4.69, 9.17) is 14.2 Å². The Kier molecular flexibility index (Phi) is 5.21. The van der Waals surface area contributed by atoms with E-state index in [1.807, 2.05) is 19.9 Å². The average molecular weight is 279 g/mol. The number of nitrogens with zero attached hydrogens (tertiary/aromatic N) is 3. The quantitative estimate of drug-likeness (QED) is 0.566. The molecule has 1 fully saturated rings. The lowest BCUT2D eigenvalue weighted by Crippen LogP contribution is -2.37. The van der Waals surface area contributed by atoms with Gasteiger partial charge in [-0.05, 0) is 13.8 Å². The standard InChI is InChI=1S/C14H21N3O3/c1-3-19-11-9-12(16-15)14(20-4-2)13(10-11)17-5-7-18-8-6-17/h10H,3-9H2,1-2H3. The minimum Gasteiger partial charge on any atom is -0.498 e. The van der Waals surface area contributed by atoms with E-state index in [-0.39, 0.29) is 0 Å². The van der Waals surface area contributed by atoms with Gasteiger partial charge in [0.1, 0.15) is 12.2 Å². The van der Waals surface area contributed by atoms with E-state index in [1.165, 1.54) is 0 Å². The average Bonchev–Trinajstić information content (AvgIpc) is 2.49. The topological polar surface area (TPSA) is 67.3 Å². The highest BCUT2D eigenvalue weighted by Crippen LogP contribution is 2.26. The molecule has 0 aromatic rings. The van der Waals surface area contributed by atoms with Crippen molar-refractivity contribution in [2.75, 3.05) is 39.5 Å². The number of morpholine rings is 1. The molecule has 6 heteroatoms. The molecule has 1 saturated heterocycles. The van der Waals surface area contributed by atoms with E-state index in [1.54, 1.807) is 0 Å². The van der Waals surface area contributed by atoms with Gasteiger partial charge in [0.25, 0.3) is 0 Å². The van der Waals surface area contributed by atoms with Gasteiger partial charge in [0, 0.05) is 19.2 Å². The first-order valence-electron chi connectivity index (χ1n) is 7.04. The van der Waals surface area contributed by atoms with E-state index < -0.39 is 0 Å². The Hall–Kier alpha value is -1.78. The summed E-state index contributed by atoms with van der Waals surface area (Å²) < 4.78 is 16.6. The SMILES string of the molecule is CCOC1=CC(N2CCOCC2)=C(OCC)C(=[N+]=[N-])C1. The molecule has 20 heavy (non-hydrogen) atoms. The highest BCUT2D eigenvalue weighted by Gasteiger charge is 2.31. The molecule has 0 N–H and O–H groups in total. The van der Waals surface area contributed by atoms with Gasteiger partial charge in [0.05, 0.1) is 32.1 Å². The van der Waals surface area contributed by atoms with Crippen LogP contribution in [-0.4, -0.2) is 54.9 Å². The van der Waals surface area contributed by atoms with Crippen LogP contribution in [0.3, 0.4) is 0 Å². The van der Waals surface area contributed by atoms with Crippen LogP contribution in [0.5, 0.6) is 0 Å². The molecular weight excluding hydrogens is 258 g/mol. The predicted octanol–water partition coefficient (Wildman–Crippen LogP) is 1.56. The van der Waals surface area contributed by atoms with Gasteiger partial charge in [0.15, 0.2) is 0 Å². The second-order valence-corrected chi connectivity index (χ2v) is 4.51. The molecule has 0 radical (unpaired) electrons. The van der Waals surface area contributed by atoms with Crippen LogP contribution in [-0.2, 0) is 14.2 Å². The Bertz CT molecular complexity index is 458. The molecule has 1 aliphatic heterocycles. The third-order valence-corrected chi connectivity index (χ3v) is 3.23. The van der Waals surface area contributed by atoms with Crippen LogP contribution in [0.25, 0.3) is 5.53 Å². The molecule has 0 unspecified atom stereocenters. The van der Waals surface area contributed by atoms with E-state index in [9.17, 15) is 5.53 Å². The molecule has 0 aromatic heterocycles. The van der Waals surface area contributed by atoms with E-state index in [2.05, 4.69) is 9.69 Å². The largest absolute Gasteiger partial charge is 0.498 e. The van der Waals surface area contributed by atoms with E-state index in [0.717, 1.165) is 24.5 Å². The lowest BCUT2D eigenvalue weighted by atomic mass is 10.0. The maximum atomic E-state index is 9.24. The summed E-state index contributed by atoms with van der Waals surface area (Å²) in [5, 5.41) is 0. The molecule has 6 nitrogen and oxygen atoms in total. The zero-order valence-corrected chi connectivity index (χ0v) is 12.1. The van der Waals surface area contributed by atoms with Crippen molar-refractivity contribution in [3.63, 3.8) is 0 Å². The zero-order valence-electron chi connectivity index (χ0n) is 12.1. The van der Waals surface area contributed by atoms with Crippen molar-refractivity contribution in [2.45, 2.75) is 20.3 Å². The van der Waals surface area contributed by atoms with Crippen LogP contribution in [0.2, 0.25) is 0 Å². The van der Waals surface area contributed by atoms with Crippen molar-refractivity contribution in [2.24, 2.45) is 0 Å². The number of rotatable bonds is 5. The van der Waals surface area contributed by atoms with Gasteiger partial charge < -0.3 is 24.6 Å². The van der Waals surface area contributed by atoms with Crippen molar-refractivity contribution in [1.29, 1.82) is 0 Å². The summed E-state index contributed by atoms with van der Waals surface area (Å²) in [6.07, 6.45) is 2.43. The zero-order chi connectivity index (χ0) is 14.4. The summed E-state index contributed by atoms with van der Waals surface area (Å²) in [5.41, 5.74) is 10.7. The second kappa shape index (κ2) is 7.12. The van der Waals surface area contributed by atoms with Crippen molar-refractivity contribution in [3.8, 4) is 0 Å². The van der Waals surface area contributed by atoms with Gasteiger partial charge in [-0.15, -0.1) is 0 Å². The predicted molar refractivity (Wildman–Crippen MR) is 74.0 cm³/mol. The second-order valence-electron chi connectivity index (χ2n) is 4.51. The van der Waals surface area contributed by atoms with Gasteiger partial charge >= 0.3 is 5.71 Å². The van der Waals surface area contributed by atoms with Crippen molar-refractivity contribution in [1.82, 2.24) is 4.90 Å². The Morgan fingerprint density at radius 3 is 2.55 bits per heavy atom. The first kappa shape index (κ1) is 14.6. The molecule has 0 aromatic carbocycles. The Morgan fingerprint density at radius 2 is 1.95 bits per heavy atom. The Labute approximate surface area is 119 Å². The maximum Gasteiger partial charge on any atom is 0.343 e. The molecule has 2 aliphatic rings. The summed E-state index contributed by atoms with van der Waals surface area (Å²) in [6, 6.07) is 0. The molecule has 2 rings (SSSR count). The fraction of sp³-hybridized carbons (Fsp3) is 0.643. The van der Waals surface area contributed by atoms with Crippen LogP contribution >= 0.6 is 0 Å². The third kappa shape index (κ3) is 3.21. The minimum atomic E-state index is 0.452. The Balaban J connectivity index is 2.37. The van der Waals surface area contributed by atoms with Gasteiger partial charge in [-0.3, -0.25) is 0 Å². The molecule has 0 amide bonds. The highest BCUT2D eigenvalue weighted by molar-refractivity contribution is 5.97. The summed E-state index contributed by atoms with van der Waals surface area (Å²) in [5.74, 6) is 1.44. The van der Waals surface area contributed by atoms with E-state index >= 15 is 0 Å². The minimum absolute atomic E-state index is 0.452. The molecular formula is C14H21N3O3. The van der Waals surface area contributed by atoms with Crippen LogP contribution < -0.4 is 0 Å². The summed E-state index contributed by atoms with van der Waals surface area (Å²) >= 11 is 0. The van der Waals surface area contributed by atoms with Crippen LogP contribution in [0, 0.1) is 0 Å². The third-order valence-electron chi connectivity index (χ3n) is 3.23. The molecule has 0 atom stereocenters. The van der Waals surface area contributed by atoms with Crippen molar-refractivity contribution >= 4 is 5.71 Å². The summed E-state index contributed by atoms with van der Waals surface area (Å²) in [6.45, 7) is 7.93. The molecule has 110 valence electrons. The highest BCUT2D eigenvalue weighted by atomic mass is 16.5. The van der Waals surface area contributed by atoms with Gasteiger partial charge in [-0.2, -0.15) is 4.79 Å². The van der Waals surface area contributed by atoms with Crippen molar-refractivity contribution < 1.29 is 19.0 Å². The summed E-state index contributed by atoms with van der Waals surface area (Å²) in [4.78, 5) is 5.56. The first-order chi connectivity index (χ1) is 9.80. The fourth-order valence-corrected chi connectivity index (χ4v) is 2.36. The lowest BCUT2D eigenvalue weighted by molar-refractivity contribution is -0.0148. The summed E-state index contributed by atoms with van der Waals surface area (Å²) in [7, 11) is 0. The van der Waals surface area contributed by atoms with Crippen molar-refractivity contribution in [3.05, 3.63) is 28.8 Å². The lowest BCUT2D eigenvalue weighted by Gasteiger charge is -2.32. The smallest absolute Gasteiger partial charge is 0.343 e. The fourth-order valence-electron chi connectivity index (χ4n) is 2.36. The van der Waals surface area contributed by atoms with Crippen LogP contribution in [0.1, 0.15) is 20.3 Å². The van der Waals surface area contributed by atoms with Gasteiger partial charge in [-0.1, -0.05) is 0 Å². The normalized spacial score (nSPS) is 19.6. The Morgan fingerprint density at radius 1 is 1.25 bits per heavy atom. The number of hydrogen-bond donors (Lipinski definition) is 0. The maximum absolute atomic E-state index is 9.24. The number of ether oxygens (including phenoxy) is 3. The molecule has 1 heterocycles. The number of allylic oxidation sites excluding steroid dienone is 3. The van der Waals surface area contributed by atoms with Crippen LogP contribution in [0.15, 0.2) is 23.3 Å². The molecule has 1 aliphatic carbocycles. The molecule has 0 saturated carbocycles. The first-order valence-corrected chi connectivity index (χ1v) is 7.04. The van der Waals surface area contributed by atoms with Crippen LogP contribution in [0.4, 0.5) is 0 Å². The monoisotopic (exact) mass is 279 g/mol. The van der Waals surface area contributed by atoms with E-state index in [0.29, 0.717) is 44.3 Å². The van der Waals surface area contributed by atoms with Gasteiger partial charge in [-0.25, -0.2) is 0 Å². The molecule has 0 spiro atoms. The molecule has 0 bridgehead atoms. The number of hydrogen-bond acceptors (Lipinski definition) is 4.